The van der Waals surface area contributed by atoms with E-state index >= 15 is 0 Å². The van der Waals surface area contributed by atoms with Gasteiger partial charge >= 0.3 is 0 Å². The zero-order valence-electron chi connectivity index (χ0n) is 16.0. The fourth-order valence-electron chi connectivity index (χ4n) is 3.32. The van der Waals surface area contributed by atoms with Gasteiger partial charge in [0, 0.05) is 43.7 Å². The Morgan fingerprint density at radius 1 is 1.23 bits per heavy atom. The number of rotatable bonds is 5. The molecule has 0 fully saturated rings. The first-order valence-corrected chi connectivity index (χ1v) is 10.1. The summed E-state index contributed by atoms with van der Waals surface area (Å²) in [5.74, 6) is -0.499. The van der Waals surface area contributed by atoms with Gasteiger partial charge in [0.1, 0.15) is 5.65 Å². The highest BCUT2D eigenvalue weighted by molar-refractivity contribution is 14.1. The van der Waals surface area contributed by atoms with Crippen LogP contribution in [0.4, 0.5) is 10.1 Å². The second-order valence-electron chi connectivity index (χ2n) is 6.57. The van der Waals surface area contributed by atoms with Crippen LogP contribution < -0.4 is 10.1 Å². The van der Waals surface area contributed by atoms with Gasteiger partial charge in [0.15, 0.2) is 11.6 Å². The first-order chi connectivity index (χ1) is 14.5. The Balaban J connectivity index is 1.83. The van der Waals surface area contributed by atoms with Gasteiger partial charge in [-0.05, 0) is 64.6 Å². The fraction of sp³-hybridized carbons (Fsp3) is 0.0435. The third kappa shape index (κ3) is 3.80. The monoisotopic (exact) mass is 513 g/mol. The van der Waals surface area contributed by atoms with Crippen LogP contribution in [-0.2, 0) is 4.79 Å². The van der Waals surface area contributed by atoms with Crippen molar-refractivity contribution in [2.45, 2.75) is 0 Å². The van der Waals surface area contributed by atoms with E-state index in [1.165, 1.54) is 19.3 Å². The number of fused-ring (bicyclic) bond motifs is 1. The largest absolute Gasteiger partial charge is 0.493 e. The number of benzene rings is 2. The zero-order chi connectivity index (χ0) is 21.3. The molecule has 2 heterocycles. The number of carbonyl (C=O) groups is 1. The van der Waals surface area contributed by atoms with Crippen LogP contribution in [-0.4, -0.2) is 23.0 Å². The van der Waals surface area contributed by atoms with Crippen molar-refractivity contribution in [3.05, 3.63) is 76.9 Å². The van der Waals surface area contributed by atoms with Crippen LogP contribution in [0.1, 0.15) is 0 Å². The SMILES string of the molecule is C=CC(=O)Nc1cccc(-c2cnc3[nH]cc(-c4cc(I)cc(F)c4OC)c3c2)c1. The van der Waals surface area contributed by atoms with Crippen LogP contribution in [0, 0.1) is 9.39 Å². The minimum Gasteiger partial charge on any atom is -0.493 e. The highest BCUT2D eigenvalue weighted by Crippen LogP contribution is 2.38. The molecule has 7 heteroatoms. The van der Waals surface area contributed by atoms with Crippen molar-refractivity contribution < 1.29 is 13.9 Å². The van der Waals surface area contributed by atoms with E-state index < -0.39 is 5.82 Å². The molecule has 0 atom stereocenters. The predicted molar refractivity (Wildman–Crippen MR) is 125 cm³/mol. The smallest absolute Gasteiger partial charge is 0.247 e. The summed E-state index contributed by atoms with van der Waals surface area (Å²) in [5.41, 5.74) is 4.55. The summed E-state index contributed by atoms with van der Waals surface area (Å²) in [6.07, 6.45) is 4.78. The third-order valence-corrected chi connectivity index (χ3v) is 5.31. The molecule has 1 amide bonds. The van der Waals surface area contributed by atoms with E-state index in [0.717, 1.165) is 25.6 Å². The minimum absolute atomic E-state index is 0.191. The number of nitrogens with zero attached hydrogens (tertiary/aromatic N) is 1. The van der Waals surface area contributed by atoms with E-state index in [9.17, 15) is 9.18 Å². The first kappa shape index (κ1) is 20.1. The lowest BCUT2D eigenvalue weighted by Crippen LogP contribution is -2.06. The van der Waals surface area contributed by atoms with Crippen molar-refractivity contribution in [2.24, 2.45) is 0 Å². The minimum atomic E-state index is -0.413. The standard InChI is InChI=1S/C23H17FIN3O2/c1-3-21(29)28-16-6-4-5-13(7-16)14-8-18-19(12-27-23(18)26-11-14)17-9-15(25)10-20(24)22(17)30-2/h3-12H,1H2,2H3,(H,26,27)(H,28,29). The summed E-state index contributed by atoms with van der Waals surface area (Å²) >= 11 is 2.08. The van der Waals surface area contributed by atoms with Crippen molar-refractivity contribution in [3.8, 4) is 28.0 Å². The number of hydrogen-bond donors (Lipinski definition) is 2. The zero-order valence-corrected chi connectivity index (χ0v) is 18.2. The molecule has 0 saturated heterocycles. The lowest BCUT2D eigenvalue weighted by Gasteiger charge is -2.10. The highest BCUT2D eigenvalue weighted by Gasteiger charge is 2.17. The van der Waals surface area contributed by atoms with Gasteiger partial charge in [-0.15, -0.1) is 0 Å². The number of hydrogen-bond acceptors (Lipinski definition) is 3. The van der Waals surface area contributed by atoms with Crippen molar-refractivity contribution in [3.63, 3.8) is 0 Å². The van der Waals surface area contributed by atoms with E-state index in [4.69, 9.17) is 4.74 Å². The predicted octanol–water partition coefficient (Wildman–Crippen LogP) is 5.77. The van der Waals surface area contributed by atoms with E-state index in [2.05, 4.69) is 44.5 Å². The van der Waals surface area contributed by atoms with Gasteiger partial charge in [0.25, 0.3) is 0 Å². The summed E-state index contributed by atoms with van der Waals surface area (Å²) in [4.78, 5) is 19.3. The van der Waals surface area contributed by atoms with Crippen molar-refractivity contribution in [1.29, 1.82) is 0 Å². The maximum absolute atomic E-state index is 14.4. The number of H-pyrrole nitrogens is 1. The molecule has 5 nitrogen and oxygen atoms in total. The van der Waals surface area contributed by atoms with E-state index in [0.29, 0.717) is 16.9 Å². The quantitative estimate of drug-likeness (QED) is 0.263. The third-order valence-electron chi connectivity index (χ3n) is 4.68. The Kier molecular flexibility index (Phi) is 5.54. The normalized spacial score (nSPS) is 10.8. The highest BCUT2D eigenvalue weighted by atomic mass is 127. The Hall–Kier alpha value is -3.20. The van der Waals surface area contributed by atoms with Gasteiger partial charge in [-0.1, -0.05) is 18.7 Å². The average molecular weight is 513 g/mol. The number of carbonyl (C=O) groups excluding carboxylic acids is 1. The molecule has 2 N–H and O–H groups in total. The Bertz CT molecular complexity index is 1280. The van der Waals surface area contributed by atoms with Crippen LogP contribution in [0.5, 0.6) is 5.75 Å². The van der Waals surface area contributed by atoms with Gasteiger partial charge < -0.3 is 15.0 Å². The molecule has 0 aliphatic rings. The van der Waals surface area contributed by atoms with Gasteiger partial charge in [0.2, 0.25) is 5.91 Å². The number of methoxy groups -OCH3 is 1. The van der Waals surface area contributed by atoms with Crippen molar-refractivity contribution >= 4 is 45.2 Å². The number of aromatic amines is 1. The molecule has 2 aromatic heterocycles. The second-order valence-corrected chi connectivity index (χ2v) is 7.81. The van der Waals surface area contributed by atoms with Gasteiger partial charge in [0.05, 0.1) is 7.11 Å². The van der Waals surface area contributed by atoms with Gasteiger partial charge in [-0.25, -0.2) is 9.37 Å². The molecular formula is C23H17FIN3O2. The maximum atomic E-state index is 14.4. The molecule has 2 aromatic carbocycles. The fourth-order valence-corrected chi connectivity index (χ4v) is 3.91. The van der Waals surface area contributed by atoms with Gasteiger partial charge in [-0.3, -0.25) is 4.79 Å². The molecular weight excluding hydrogens is 496 g/mol. The topological polar surface area (TPSA) is 67.0 Å². The van der Waals surface area contributed by atoms with Crippen LogP contribution in [0.15, 0.2) is 67.5 Å². The van der Waals surface area contributed by atoms with Crippen LogP contribution in [0.3, 0.4) is 0 Å². The lowest BCUT2D eigenvalue weighted by molar-refractivity contribution is -0.111. The Morgan fingerprint density at radius 3 is 2.83 bits per heavy atom. The van der Waals surface area contributed by atoms with Crippen LogP contribution in [0.2, 0.25) is 0 Å². The molecule has 4 rings (SSSR count). The van der Waals surface area contributed by atoms with Crippen molar-refractivity contribution in [1.82, 2.24) is 9.97 Å². The number of pyridine rings is 1. The molecule has 0 radical (unpaired) electrons. The molecule has 4 aromatic rings. The summed E-state index contributed by atoms with van der Waals surface area (Å²) < 4.78 is 20.5. The Morgan fingerprint density at radius 2 is 2.07 bits per heavy atom. The first-order valence-electron chi connectivity index (χ1n) is 9.04. The van der Waals surface area contributed by atoms with Gasteiger partial charge in [-0.2, -0.15) is 0 Å². The van der Waals surface area contributed by atoms with Crippen molar-refractivity contribution in [2.75, 3.05) is 12.4 Å². The number of amides is 1. The number of ether oxygens (including phenoxy) is 1. The number of halogens is 2. The number of aromatic nitrogens is 2. The molecule has 0 unspecified atom stereocenters. The average Bonchev–Trinajstić information content (AvgIpc) is 3.16. The molecule has 0 aliphatic carbocycles. The molecule has 0 spiro atoms. The Labute approximate surface area is 186 Å². The lowest BCUT2D eigenvalue weighted by atomic mass is 10.0. The number of anilines is 1. The molecule has 0 aliphatic heterocycles. The van der Waals surface area contributed by atoms with E-state index in [1.54, 1.807) is 18.5 Å². The molecule has 150 valence electrons. The van der Waals surface area contributed by atoms with E-state index in [-0.39, 0.29) is 11.7 Å². The molecule has 0 bridgehead atoms. The summed E-state index contributed by atoms with van der Waals surface area (Å²) in [6, 6.07) is 12.8. The maximum Gasteiger partial charge on any atom is 0.247 e. The second kappa shape index (κ2) is 8.27. The summed E-state index contributed by atoms with van der Waals surface area (Å²) in [7, 11) is 1.45. The van der Waals surface area contributed by atoms with E-state index in [1.807, 2.05) is 30.3 Å². The molecule has 0 saturated carbocycles. The summed E-state index contributed by atoms with van der Waals surface area (Å²) in [6.45, 7) is 3.47. The van der Waals surface area contributed by atoms with Crippen LogP contribution in [0.25, 0.3) is 33.3 Å². The summed E-state index contributed by atoms with van der Waals surface area (Å²) in [5, 5.41) is 3.60. The number of nitrogens with one attached hydrogen (secondary N) is 2. The van der Waals surface area contributed by atoms with Crippen LogP contribution >= 0.6 is 22.6 Å². The molecule has 30 heavy (non-hydrogen) atoms.